The van der Waals surface area contributed by atoms with Crippen LogP contribution in [-0.4, -0.2) is 35.9 Å². The van der Waals surface area contributed by atoms with E-state index in [1.54, 1.807) is 6.92 Å². The van der Waals surface area contributed by atoms with Crippen molar-refractivity contribution in [2.75, 3.05) is 18.1 Å². The zero-order valence-electron chi connectivity index (χ0n) is 12.8. The Kier molecular flexibility index (Phi) is 5.33. The van der Waals surface area contributed by atoms with Crippen LogP contribution in [0.5, 0.6) is 0 Å². The molecule has 116 valence electrons. The van der Waals surface area contributed by atoms with E-state index in [0.717, 1.165) is 24.5 Å². The maximum absolute atomic E-state index is 12.0. The molecule has 0 bridgehead atoms. The third-order valence-corrected chi connectivity index (χ3v) is 4.95. The monoisotopic (exact) mass is 310 g/mol. The number of Topliss-reactive ketones (excluding diaryl/α,β-unsaturated/α-hetero) is 1. The van der Waals surface area contributed by atoms with E-state index in [-0.39, 0.29) is 18.1 Å². The number of ketones is 1. The minimum absolute atomic E-state index is 0.135. The first-order valence-corrected chi connectivity index (χ1v) is 8.35. The van der Waals surface area contributed by atoms with Crippen LogP contribution < -0.4 is 4.90 Å². The zero-order valence-corrected chi connectivity index (χ0v) is 13.7. The van der Waals surface area contributed by atoms with Crippen LogP contribution in [0.1, 0.15) is 66.6 Å². The molecular weight excluding hydrogens is 288 g/mol. The van der Waals surface area contributed by atoms with E-state index in [0.29, 0.717) is 10.9 Å². The van der Waals surface area contributed by atoms with Crippen molar-refractivity contribution >= 4 is 28.2 Å². The number of rotatable bonds is 6. The second-order valence-electron chi connectivity index (χ2n) is 5.18. The van der Waals surface area contributed by atoms with Crippen LogP contribution in [0.15, 0.2) is 0 Å². The van der Waals surface area contributed by atoms with Gasteiger partial charge in [-0.25, -0.2) is 9.78 Å². The Morgan fingerprint density at radius 3 is 2.52 bits per heavy atom. The molecule has 2 rings (SSSR count). The third-order valence-electron chi connectivity index (χ3n) is 3.76. The molecule has 1 aromatic rings. The molecule has 0 amide bonds. The number of esters is 1. The van der Waals surface area contributed by atoms with Gasteiger partial charge in [0.05, 0.1) is 6.61 Å². The lowest BCUT2D eigenvalue weighted by Gasteiger charge is -2.26. The number of hydrogen-bond donors (Lipinski definition) is 0. The predicted molar refractivity (Wildman–Crippen MR) is 83.4 cm³/mol. The Balaban J connectivity index is 2.33. The lowest BCUT2D eigenvalue weighted by Crippen LogP contribution is -2.32. The topological polar surface area (TPSA) is 59.5 Å². The number of aromatic nitrogens is 1. The molecule has 1 saturated carbocycles. The highest BCUT2D eigenvalue weighted by molar-refractivity contribution is 7.17. The van der Waals surface area contributed by atoms with Crippen molar-refractivity contribution < 1.29 is 14.3 Å². The number of ether oxygens (including phenoxy) is 1. The number of carbonyl (C=O) groups is 2. The van der Waals surface area contributed by atoms with Crippen molar-refractivity contribution in [1.29, 1.82) is 0 Å². The number of nitrogens with zero attached hydrogens (tertiary/aromatic N) is 2. The highest BCUT2D eigenvalue weighted by Gasteiger charge is 2.28. The normalized spacial score (nSPS) is 15.2. The Labute approximate surface area is 129 Å². The summed E-state index contributed by atoms with van der Waals surface area (Å²) in [6, 6.07) is 0.469. The standard InChI is InChI=1S/C15H22N2O3S/c1-4-17(11-8-6-7-9-11)15-16-12(14(19)20-5-2)13(21-15)10(3)18/h11H,4-9H2,1-3H3. The van der Waals surface area contributed by atoms with E-state index in [1.165, 1.54) is 31.1 Å². The molecule has 0 N–H and O–H groups in total. The second-order valence-corrected chi connectivity index (χ2v) is 6.15. The van der Waals surface area contributed by atoms with Crippen LogP contribution in [0.4, 0.5) is 5.13 Å². The molecule has 5 nitrogen and oxygen atoms in total. The molecule has 1 aromatic heterocycles. The van der Waals surface area contributed by atoms with Gasteiger partial charge in [-0.3, -0.25) is 4.79 Å². The van der Waals surface area contributed by atoms with Gasteiger partial charge in [0.2, 0.25) is 0 Å². The molecule has 0 aliphatic heterocycles. The Morgan fingerprint density at radius 1 is 1.33 bits per heavy atom. The molecule has 0 radical (unpaired) electrons. The molecule has 1 aliphatic rings. The predicted octanol–water partition coefficient (Wildman–Crippen LogP) is 3.29. The van der Waals surface area contributed by atoms with E-state index in [2.05, 4.69) is 16.8 Å². The lowest BCUT2D eigenvalue weighted by atomic mass is 10.2. The van der Waals surface area contributed by atoms with E-state index < -0.39 is 5.97 Å². The van der Waals surface area contributed by atoms with Gasteiger partial charge in [-0.05, 0) is 26.7 Å². The Hall–Kier alpha value is -1.43. The summed E-state index contributed by atoms with van der Waals surface area (Å²) < 4.78 is 5.01. The molecular formula is C15H22N2O3S. The van der Waals surface area contributed by atoms with Crippen LogP contribution in [-0.2, 0) is 4.74 Å². The number of anilines is 1. The molecule has 0 saturated heterocycles. The quantitative estimate of drug-likeness (QED) is 0.596. The van der Waals surface area contributed by atoms with Gasteiger partial charge in [0, 0.05) is 19.5 Å². The summed E-state index contributed by atoms with van der Waals surface area (Å²) in [4.78, 5) is 30.8. The van der Waals surface area contributed by atoms with Crippen molar-refractivity contribution in [3.05, 3.63) is 10.6 Å². The van der Waals surface area contributed by atoms with Crippen molar-refractivity contribution in [2.45, 2.75) is 52.5 Å². The van der Waals surface area contributed by atoms with E-state index in [4.69, 9.17) is 4.74 Å². The SMILES string of the molecule is CCOC(=O)c1nc(N(CC)C2CCCC2)sc1C(C)=O. The fourth-order valence-corrected chi connectivity index (χ4v) is 3.86. The first-order valence-electron chi connectivity index (χ1n) is 7.54. The van der Waals surface area contributed by atoms with E-state index in [1.807, 2.05) is 0 Å². The van der Waals surface area contributed by atoms with Crippen LogP contribution in [0.2, 0.25) is 0 Å². The zero-order chi connectivity index (χ0) is 15.4. The van der Waals surface area contributed by atoms with Crippen LogP contribution in [0.3, 0.4) is 0 Å². The van der Waals surface area contributed by atoms with Gasteiger partial charge in [-0.1, -0.05) is 24.2 Å². The lowest BCUT2D eigenvalue weighted by molar-refractivity contribution is 0.0517. The first-order chi connectivity index (χ1) is 10.1. The van der Waals surface area contributed by atoms with E-state index in [9.17, 15) is 9.59 Å². The fraction of sp³-hybridized carbons (Fsp3) is 0.667. The van der Waals surface area contributed by atoms with Gasteiger partial charge in [0.1, 0.15) is 4.88 Å². The molecule has 1 fully saturated rings. The number of carbonyl (C=O) groups excluding carboxylic acids is 2. The average molecular weight is 310 g/mol. The number of thiazole rings is 1. The average Bonchev–Trinajstić information content (AvgIpc) is 3.09. The molecule has 0 unspecified atom stereocenters. The van der Waals surface area contributed by atoms with Gasteiger partial charge in [0.15, 0.2) is 16.6 Å². The molecule has 6 heteroatoms. The van der Waals surface area contributed by atoms with Crippen molar-refractivity contribution in [2.24, 2.45) is 0 Å². The van der Waals surface area contributed by atoms with Crippen molar-refractivity contribution in [3.8, 4) is 0 Å². The Bertz CT molecular complexity index is 521. The highest BCUT2D eigenvalue weighted by Crippen LogP contribution is 2.33. The Morgan fingerprint density at radius 2 is 2.00 bits per heavy atom. The molecule has 0 spiro atoms. The van der Waals surface area contributed by atoms with Crippen LogP contribution >= 0.6 is 11.3 Å². The summed E-state index contributed by atoms with van der Waals surface area (Å²) in [5, 5.41) is 0.762. The van der Waals surface area contributed by atoms with Gasteiger partial charge >= 0.3 is 5.97 Å². The first kappa shape index (κ1) is 15.9. The van der Waals surface area contributed by atoms with Crippen molar-refractivity contribution in [3.63, 3.8) is 0 Å². The smallest absolute Gasteiger partial charge is 0.358 e. The summed E-state index contributed by atoms with van der Waals surface area (Å²) in [7, 11) is 0. The second kappa shape index (κ2) is 7.02. The minimum atomic E-state index is -0.507. The number of hydrogen-bond acceptors (Lipinski definition) is 6. The van der Waals surface area contributed by atoms with Crippen molar-refractivity contribution in [1.82, 2.24) is 4.98 Å². The summed E-state index contributed by atoms with van der Waals surface area (Å²) in [6.45, 7) is 6.40. The molecule has 0 atom stereocenters. The molecule has 1 aliphatic carbocycles. The van der Waals surface area contributed by atoms with Gasteiger partial charge < -0.3 is 9.64 Å². The largest absolute Gasteiger partial charge is 0.461 e. The van der Waals surface area contributed by atoms with Gasteiger partial charge in [-0.15, -0.1) is 0 Å². The third kappa shape index (κ3) is 3.43. The molecule has 21 heavy (non-hydrogen) atoms. The van der Waals surface area contributed by atoms with Gasteiger partial charge in [-0.2, -0.15) is 0 Å². The molecule has 1 heterocycles. The molecule has 0 aromatic carbocycles. The van der Waals surface area contributed by atoms with Gasteiger partial charge in [0.25, 0.3) is 0 Å². The maximum Gasteiger partial charge on any atom is 0.358 e. The summed E-state index contributed by atoms with van der Waals surface area (Å²) in [6.07, 6.45) is 4.77. The van der Waals surface area contributed by atoms with E-state index >= 15 is 0 Å². The fourth-order valence-electron chi connectivity index (χ4n) is 2.77. The summed E-state index contributed by atoms with van der Waals surface area (Å²) in [5.74, 6) is -0.642. The summed E-state index contributed by atoms with van der Waals surface area (Å²) >= 11 is 1.31. The minimum Gasteiger partial charge on any atom is -0.461 e. The maximum atomic E-state index is 12.0. The highest BCUT2D eigenvalue weighted by atomic mass is 32.1. The van der Waals surface area contributed by atoms with Crippen LogP contribution in [0, 0.1) is 0 Å². The van der Waals surface area contributed by atoms with Crippen LogP contribution in [0.25, 0.3) is 0 Å². The summed E-state index contributed by atoms with van der Waals surface area (Å²) in [5.41, 5.74) is 0.167.